The molecule has 6 nitrogen and oxygen atoms in total. The average Bonchev–Trinajstić information content (AvgIpc) is 2.77. The standard InChI is InChI=1S/C25H43N5O.HI/c1-5-26-25(27-18-24(20(2)3)29-13-15-31-16-14-29)28-23-11-12-30(21(4)17-23)19-22-9-7-6-8-10-22;/h6-10,20-21,23-24H,5,11-19H2,1-4H3,(H2,26,27,28);1H. The van der Waals surface area contributed by atoms with Crippen molar-refractivity contribution in [1.29, 1.82) is 0 Å². The lowest BCUT2D eigenvalue weighted by Crippen LogP contribution is -2.52. The third-order valence-electron chi connectivity index (χ3n) is 6.65. The van der Waals surface area contributed by atoms with Crippen molar-refractivity contribution in [3.8, 4) is 0 Å². The van der Waals surface area contributed by atoms with E-state index in [0.29, 0.717) is 24.0 Å². The molecule has 1 aromatic rings. The minimum atomic E-state index is 0. The van der Waals surface area contributed by atoms with E-state index in [2.05, 4.69) is 78.5 Å². The van der Waals surface area contributed by atoms with E-state index >= 15 is 0 Å². The highest BCUT2D eigenvalue weighted by Gasteiger charge is 2.27. The Kier molecular flexibility index (Phi) is 12.3. The van der Waals surface area contributed by atoms with Gasteiger partial charge in [-0.05, 0) is 38.2 Å². The monoisotopic (exact) mass is 557 g/mol. The van der Waals surface area contributed by atoms with Crippen LogP contribution in [0, 0.1) is 5.92 Å². The molecule has 2 saturated heterocycles. The summed E-state index contributed by atoms with van der Waals surface area (Å²) in [5, 5.41) is 7.21. The van der Waals surface area contributed by atoms with Gasteiger partial charge in [0.25, 0.3) is 0 Å². The molecular formula is C25H44IN5O. The molecule has 0 saturated carbocycles. The summed E-state index contributed by atoms with van der Waals surface area (Å²) in [6.45, 7) is 16.7. The van der Waals surface area contributed by atoms with Crippen molar-refractivity contribution in [3.05, 3.63) is 35.9 Å². The van der Waals surface area contributed by atoms with Crippen LogP contribution in [0.5, 0.6) is 0 Å². The zero-order valence-corrected chi connectivity index (χ0v) is 22.8. The van der Waals surface area contributed by atoms with Gasteiger partial charge in [-0.25, -0.2) is 0 Å². The number of ether oxygens (including phenoxy) is 1. The lowest BCUT2D eigenvalue weighted by Gasteiger charge is -2.38. The number of guanidine groups is 1. The molecular weight excluding hydrogens is 513 g/mol. The summed E-state index contributed by atoms with van der Waals surface area (Å²) in [6.07, 6.45) is 2.30. The van der Waals surface area contributed by atoms with Gasteiger partial charge in [0.2, 0.25) is 0 Å². The van der Waals surface area contributed by atoms with Crippen molar-refractivity contribution < 1.29 is 4.74 Å². The quantitative estimate of drug-likeness (QED) is 0.291. The van der Waals surface area contributed by atoms with E-state index < -0.39 is 0 Å². The number of aliphatic imine (C=N–C) groups is 1. The van der Waals surface area contributed by atoms with Crippen LogP contribution in [0.25, 0.3) is 0 Å². The fourth-order valence-electron chi connectivity index (χ4n) is 4.76. The minimum absolute atomic E-state index is 0. The first kappa shape index (κ1) is 27.3. The first-order valence-electron chi connectivity index (χ1n) is 12.2. The Morgan fingerprint density at radius 3 is 2.50 bits per heavy atom. The summed E-state index contributed by atoms with van der Waals surface area (Å²) in [5.41, 5.74) is 1.40. The van der Waals surface area contributed by atoms with E-state index in [9.17, 15) is 0 Å². The van der Waals surface area contributed by atoms with Crippen molar-refractivity contribution in [2.45, 2.75) is 65.2 Å². The predicted octanol–water partition coefficient (Wildman–Crippen LogP) is 3.57. The van der Waals surface area contributed by atoms with Gasteiger partial charge in [-0.2, -0.15) is 0 Å². The van der Waals surface area contributed by atoms with Gasteiger partial charge in [-0.15, -0.1) is 24.0 Å². The number of piperidine rings is 1. The van der Waals surface area contributed by atoms with Crippen LogP contribution in [-0.2, 0) is 11.3 Å². The number of rotatable bonds is 8. The fraction of sp³-hybridized carbons (Fsp3) is 0.720. The highest BCUT2D eigenvalue weighted by atomic mass is 127. The maximum Gasteiger partial charge on any atom is 0.191 e. The van der Waals surface area contributed by atoms with Crippen LogP contribution >= 0.6 is 24.0 Å². The Morgan fingerprint density at radius 1 is 1.16 bits per heavy atom. The van der Waals surface area contributed by atoms with Crippen LogP contribution in [0.2, 0.25) is 0 Å². The molecule has 0 spiro atoms. The third kappa shape index (κ3) is 8.47. The second kappa shape index (κ2) is 14.4. The molecule has 2 heterocycles. The first-order chi connectivity index (χ1) is 15.1. The number of hydrogen-bond acceptors (Lipinski definition) is 4. The molecule has 2 fully saturated rings. The van der Waals surface area contributed by atoms with Gasteiger partial charge in [-0.3, -0.25) is 14.8 Å². The highest BCUT2D eigenvalue weighted by molar-refractivity contribution is 14.0. The molecule has 3 rings (SSSR count). The van der Waals surface area contributed by atoms with Crippen LogP contribution in [0.3, 0.4) is 0 Å². The lowest BCUT2D eigenvalue weighted by atomic mass is 9.97. The van der Waals surface area contributed by atoms with Gasteiger partial charge in [0.1, 0.15) is 0 Å². The zero-order chi connectivity index (χ0) is 22.1. The number of hydrogen-bond donors (Lipinski definition) is 2. The highest BCUT2D eigenvalue weighted by Crippen LogP contribution is 2.20. The number of morpholine rings is 1. The first-order valence-corrected chi connectivity index (χ1v) is 12.2. The van der Waals surface area contributed by atoms with Crippen LogP contribution in [0.4, 0.5) is 0 Å². The summed E-state index contributed by atoms with van der Waals surface area (Å²) in [6, 6.07) is 12.3. The summed E-state index contributed by atoms with van der Waals surface area (Å²) in [4.78, 5) is 10.2. The summed E-state index contributed by atoms with van der Waals surface area (Å²) in [5.74, 6) is 1.54. The van der Waals surface area contributed by atoms with Crippen molar-refractivity contribution in [1.82, 2.24) is 20.4 Å². The topological polar surface area (TPSA) is 52.1 Å². The van der Waals surface area contributed by atoms with Gasteiger partial charge in [0, 0.05) is 50.8 Å². The van der Waals surface area contributed by atoms with E-state index in [-0.39, 0.29) is 24.0 Å². The minimum Gasteiger partial charge on any atom is -0.379 e. The number of nitrogens with one attached hydrogen (secondary N) is 2. The van der Waals surface area contributed by atoms with Crippen molar-refractivity contribution in [3.63, 3.8) is 0 Å². The molecule has 2 N–H and O–H groups in total. The Labute approximate surface area is 212 Å². The lowest BCUT2D eigenvalue weighted by molar-refractivity contribution is 0.00866. The smallest absolute Gasteiger partial charge is 0.191 e. The zero-order valence-electron chi connectivity index (χ0n) is 20.4. The molecule has 0 radical (unpaired) electrons. The number of nitrogens with zero attached hydrogens (tertiary/aromatic N) is 3. The van der Waals surface area contributed by atoms with E-state index in [1.807, 2.05) is 0 Å². The number of likely N-dealkylation sites (tertiary alicyclic amines) is 1. The fourth-order valence-corrected chi connectivity index (χ4v) is 4.76. The Balaban J connectivity index is 0.00000363. The largest absolute Gasteiger partial charge is 0.379 e. The predicted molar refractivity (Wildman–Crippen MR) is 145 cm³/mol. The molecule has 0 aliphatic carbocycles. The van der Waals surface area contributed by atoms with Gasteiger partial charge in [0.05, 0.1) is 19.8 Å². The molecule has 0 bridgehead atoms. The Hall–Kier alpha value is -0.900. The molecule has 3 atom stereocenters. The second-order valence-electron chi connectivity index (χ2n) is 9.35. The SMILES string of the molecule is CCNC(=NCC(C(C)C)N1CCOCC1)NC1CCN(Cc2ccccc2)C(C)C1.I. The molecule has 32 heavy (non-hydrogen) atoms. The van der Waals surface area contributed by atoms with Crippen molar-refractivity contribution in [2.24, 2.45) is 10.9 Å². The van der Waals surface area contributed by atoms with Crippen molar-refractivity contribution in [2.75, 3.05) is 45.9 Å². The van der Waals surface area contributed by atoms with E-state index in [1.165, 1.54) is 5.56 Å². The molecule has 3 unspecified atom stereocenters. The summed E-state index contributed by atoms with van der Waals surface area (Å²) < 4.78 is 5.54. The second-order valence-corrected chi connectivity index (χ2v) is 9.35. The molecule has 0 amide bonds. The van der Waals surface area contributed by atoms with Crippen LogP contribution in [-0.4, -0.2) is 79.8 Å². The van der Waals surface area contributed by atoms with Crippen molar-refractivity contribution >= 4 is 29.9 Å². The maximum atomic E-state index is 5.54. The average molecular weight is 558 g/mol. The molecule has 0 aromatic heterocycles. The third-order valence-corrected chi connectivity index (χ3v) is 6.65. The van der Waals surface area contributed by atoms with Crippen LogP contribution in [0.15, 0.2) is 35.3 Å². The summed E-state index contributed by atoms with van der Waals surface area (Å²) in [7, 11) is 0. The van der Waals surface area contributed by atoms with Gasteiger partial charge in [-0.1, -0.05) is 44.2 Å². The van der Waals surface area contributed by atoms with Gasteiger partial charge >= 0.3 is 0 Å². The maximum absolute atomic E-state index is 5.54. The van der Waals surface area contributed by atoms with E-state index in [0.717, 1.165) is 71.3 Å². The van der Waals surface area contributed by atoms with Crippen LogP contribution < -0.4 is 10.6 Å². The Bertz CT molecular complexity index is 666. The molecule has 2 aliphatic heterocycles. The summed E-state index contributed by atoms with van der Waals surface area (Å²) >= 11 is 0. The van der Waals surface area contributed by atoms with E-state index in [4.69, 9.17) is 9.73 Å². The molecule has 2 aliphatic rings. The Morgan fingerprint density at radius 2 is 1.88 bits per heavy atom. The number of benzene rings is 1. The molecule has 182 valence electrons. The molecule has 1 aromatic carbocycles. The molecule has 7 heteroatoms. The van der Waals surface area contributed by atoms with Gasteiger partial charge < -0.3 is 15.4 Å². The number of halogens is 1. The van der Waals surface area contributed by atoms with Crippen LogP contribution in [0.1, 0.15) is 46.1 Å². The normalized spacial score (nSPS) is 24.1. The van der Waals surface area contributed by atoms with Gasteiger partial charge in [0.15, 0.2) is 5.96 Å². The van der Waals surface area contributed by atoms with E-state index in [1.54, 1.807) is 0 Å².